The molecule has 29 heavy (non-hydrogen) atoms. The van der Waals surface area contributed by atoms with Crippen LogP contribution in [0.2, 0.25) is 0 Å². The highest BCUT2D eigenvalue weighted by Crippen LogP contribution is 2.36. The second kappa shape index (κ2) is 8.84. The Balaban J connectivity index is 2.15. The molecule has 1 N–H and O–H groups in total. The summed E-state index contributed by atoms with van der Waals surface area (Å²) in [5.41, 5.74) is 0.888. The van der Waals surface area contributed by atoms with E-state index in [2.05, 4.69) is 15.0 Å². The van der Waals surface area contributed by atoms with Gasteiger partial charge in [-0.3, -0.25) is 4.98 Å². The first kappa shape index (κ1) is 20.5. The zero-order chi connectivity index (χ0) is 20.9. The van der Waals surface area contributed by atoms with E-state index in [1.807, 2.05) is 0 Å². The summed E-state index contributed by atoms with van der Waals surface area (Å²) in [6.07, 6.45) is 4.21. The molecule has 0 fully saturated rings. The normalized spacial score (nSPS) is 11.1. The van der Waals surface area contributed by atoms with Gasteiger partial charge < -0.3 is 14.6 Å². The molecular weight excluding hydrogens is 396 g/mol. The van der Waals surface area contributed by atoms with Crippen LogP contribution in [-0.2, 0) is 10.0 Å². The molecule has 0 spiro atoms. The van der Waals surface area contributed by atoms with E-state index in [1.54, 1.807) is 31.2 Å². The number of rotatable bonds is 8. The third-order valence-electron chi connectivity index (χ3n) is 3.83. The van der Waals surface area contributed by atoms with E-state index in [9.17, 15) is 8.42 Å². The molecule has 0 atom stereocenters. The van der Waals surface area contributed by atoms with Crippen LogP contribution in [0.1, 0.15) is 5.69 Å². The number of sulfonamides is 1. The minimum atomic E-state index is -4.07. The van der Waals surface area contributed by atoms with Crippen LogP contribution >= 0.6 is 0 Å². The topological polar surface area (TPSA) is 115 Å². The van der Waals surface area contributed by atoms with Gasteiger partial charge >= 0.3 is 0 Å². The van der Waals surface area contributed by atoms with Crippen molar-refractivity contribution in [1.82, 2.24) is 15.0 Å². The summed E-state index contributed by atoms with van der Waals surface area (Å²) < 4.78 is 38.6. The Hall–Kier alpha value is -3.24. The monoisotopic (exact) mass is 416 g/mol. The summed E-state index contributed by atoms with van der Waals surface area (Å²) >= 11 is 0. The van der Waals surface area contributed by atoms with Gasteiger partial charge in [0.25, 0.3) is 15.9 Å². The van der Waals surface area contributed by atoms with Gasteiger partial charge in [0.1, 0.15) is 17.3 Å². The molecule has 0 unspecified atom stereocenters. The van der Waals surface area contributed by atoms with Gasteiger partial charge in [-0.25, -0.2) is 22.7 Å². The first-order chi connectivity index (χ1) is 14.0. The lowest BCUT2D eigenvalue weighted by molar-refractivity contribution is 0.201. The molecule has 0 bridgehead atoms. The van der Waals surface area contributed by atoms with E-state index in [1.165, 1.54) is 37.8 Å². The summed E-state index contributed by atoms with van der Waals surface area (Å²) in [4.78, 5) is 12.4. The molecule has 152 valence electrons. The zero-order valence-electron chi connectivity index (χ0n) is 15.9. The number of pyridine rings is 1. The number of methoxy groups -OCH3 is 1. The Morgan fingerprint density at radius 2 is 1.90 bits per heavy atom. The Morgan fingerprint density at radius 1 is 1.14 bits per heavy atom. The fourth-order valence-corrected chi connectivity index (χ4v) is 3.95. The Bertz CT molecular complexity index is 1060. The summed E-state index contributed by atoms with van der Waals surface area (Å²) in [7, 11) is -2.68. The van der Waals surface area contributed by atoms with Crippen LogP contribution in [0.4, 0.5) is 11.5 Å². The van der Waals surface area contributed by atoms with Crippen LogP contribution in [0.25, 0.3) is 0 Å². The molecule has 3 aromatic rings. The maximum absolute atomic E-state index is 13.4. The molecule has 3 rings (SSSR count). The molecule has 0 aliphatic rings. The fraction of sp³-hybridized carbons (Fsp3) is 0.211. The number of benzene rings is 1. The predicted molar refractivity (Wildman–Crippen MR) is 106 cm³/mol. The molecule has 0 saturated heterocycles. The quantitative estimate of drug-likeness (QED) is 0.594. The van der Waals surface area contributed by atoms with Crippen molar-refractivity contribution in [3.63, 3.8) is 0 Å². The molecule has 2 aromatic heterocycles. The highest BCUT2D eigenvalue weighted by Gasteiger charge is 2.31. The van der Waals surface area contributed by atoms with Crippen LogP contribution in [0, 0.1) is 6.92 Å². The minimum Gasteiger partial charge on any atom is -0.491 e. The summed E-state index contributed by atoms with van der Waals surface area (Å²) in [6.45, 7) is 1.74. The van der Waals surface area contributed by atoms with Gasteiger partial charge in [0.2, 0.25) is 5.82 Å². The highest BCUT2D eigenvalue weighted by molar-refractivity contribution is 7.93. The van der Waals surface area contributed by atoms with Gasteiger partial charge in [-0.15, -0.1) is 0 Å². The van der Waals surface area contributed by atoms with E-state index in [0.717, 1.165) is 4.31 Å². The Morgan fingerprint density at radius 3 is 2.52 bits per heavy atom. The first-order valence-electron chi connectivity index (χ1n) is 8.64. The molecule has 2 heterocycles. The number of aryl methyl sites for hydroxylation is 1. The third kappa shape index (κ3) is 4.44. The zero-order valence-corrected chi connectivity index (χ0v) is 16.7. The van der Waals surface area contributed by atoms with E-state index >= 15 is 0 Å². The van der Waals surface area contributed by atoms with Crippen molar-refractivity contribution in [2.75, 3.05) is 24.6 Å². The lowest BCUT2D eigenvalue weighted by Crippen LogP contribution is -2.28. The van der Waals surface area contributed by atoms with Crippen LogP contribution in [0.3, 0.4) is 0 Å². The number of ether oxygens (including phenoxy) is 2. The fourth-order valence-electron chi connectivity index (χ4n) is 2.55. The van der Waals surface area contributed by atoms with E-state index in [-0.39, 0.29) is 29.8 Å². The largest absolute Gasteiger partial charge is 0.491 e. The van der Waals surface area contributed by atoms with Gasteiger partial charge in [0.15, 0.2) is 0 Å². The number of aliphatic hydroxyl groups excluding tert-OH is 1. The maximum atomic E-state index is 13.4. The Labute approximate surface area is 168 Å². The van der Waals surface area contributed by atoms with E-state index < -0.39 is 10.0 Å². The van der Waals surface area contributed by atoms with Crippen molar-refractivity contribution in [2.24, 2.45) is 0 Å². The molecular formula is C19H20N4O5S. The van der Waals surface area contributed by atoms with Gasteiger partial charge in [0.05, 0.1) is 31.3 Å². The van der Waals surface area contributed by atoms with Crippen LogP contribution in [-0.4, -0.2) is 48.8 Å². The first-order valence-corrected chi connectivity index (χ1v) is 10.1. The van der Waals surface area contributed by atoms with Crippen LogP contribution in [0.5, 0.6) is 11.6 Å². The molecule has 0 amide bonds. The number of nitrogens with zero attached hydrogens (tertiary/aromatic N) is 4. The second-order valence-electron chi connectivity index (χ2n) is 5.87. The van der Waals surface area contributed by atoms with Gasteiger partial charge in [0, 0.05) is 12.4 Å². The van der Waals surface area contributed by atoms with Crippen LogP contribution in [0.15, 0.2) is 59.9 Å². The summed E-state index contributed by atoms with van der Waals surface area (Å²) in [6, 6.07) is 9.33. The number of aromatic nitrogens is 3. The SMILES string of the molecule is COc1nc(C)cnc1N(c1ccc(OCCO)cc1)S(=O)(=O)c1cccnc1. The number of anilines is 2. The Kier molecular flexibility index (Phi) is 6.25. The van der Waals surface area contributed by atoms with Gasteiger partial charge in [-0.2, -0.15) is 0 Å². The molecule has 0 saturated carbocycles. The molecule has 0 radical (unpaired) electrons. The van der Waals surface area contributed by atoms with E-state index in [0.29, 0.717) is 17.1 Å². The summed E-state index contributed by atoms with van der Waals surface area (Å²) in [5.74, 6) is 0.576. The van der Waals surface area contributed by atoms with Crippen molar-refractivity contribution in [2.45, 2.75) is 11.8 Å². The minimum absolute atomic E-state index is 0.00923. The highest BCUT2D eigenvalue weighted by atomic mass is 32.2. The van der Waals surface area contributed by atoms with Crippen molar-refractivity contribution >= 4 is 21.5 Å². The molecule has 1 aromatic carbocycles. The lowest BCUT2D eigenvalue weighted by Gasteiger charge is -2.24. The van der Waals surface area contributed by atoms with Crippen LogP contribution < -0.4 is 13.8 Å². The van der Waals surface area contributed by atoms with Crippen molar-refractivity contribution in [3.8, 4) is 11.6 Å². The number of hydrogen-bond donors (Lipinski definition) is 1. The lowest BCUT2D eigenvalue weighted by atomic mass is 10.3. The molecule has 0 aliphatic heterocycles. The maximum Gasteiger partial charge on any atom is 0.271 e. The van der Waals surface area contributed by atoms with Gasteiger partial charge in [-0.1, -0.05) is 0 Å². The van der Waals surface area contributed by atoms with Crippen molar-refractivity contribution in [1.29, 1.82) is 0 Å². The van der Waals surface area contributed by atoms with Crippen molar-refractivity contribution < 1.29 is 23.0 Å². The molecule has 9 nitrogen and oxygen atoms in total. The summed E-state index contributed by atoms with van der Waals surface area (Å²) in [5, 5.41) is 8.88. The second-order valence-corrected chi connectivity index (χ2v) is 7.66. The van der Waals surface area contributed by atoms with E-state index in [4.69, 9.17) is 14.6 Å². The smallest absolute Gasteiger partial charge is 0.271 e. The standard InChI is InChI=1S/C19H20N4O5S/c1-14-12-21-18(19(22-14)27-2)23(29(25,26)17-4-3-9-20-13-17)15-5-7-16(8-6-15)28-11-10-24/h3-9,12-13,24H,10-11H2,1-2H3. The average molecular weight is 416 g/mol. The molecule has 0 aliphatic carbocycles. The third-order valence-corrected chi connectivity index (χ3v) is 5.53. The predicted octanol–water partition coefficient (Wildman–Crippen LogP) is 2.09. The number of aliphatic hydroxyl groups is 1. The molecule has 10 heteroatoms. The van der Waals surface area contributed by atoms with Gasteiger partial charge in [-0.05, 0) is 43.3 Å². The van der Waals surface area contributed by atoms with Crippen molar-refractivity contribution in [3.05, 3.63) is 60.7 Å². The average Bonchev–Trinajstić information content (AvgIpc) is 2.74. The number of hydrogen-bond acceptors (Lipinski definition) is 8.